The summed E-state index contributed by atoms with van der Waals surface area (Å²) in [7, 11) is 0. The Labute approximate surface area is 105 Å². The Morgan fingerprint density at radius 3 is 2.71 bits per heavy atom. The monoisotopic (exact) mass is 238 g/mol. The first kappa shape index (κ1) is 13.1. The summed E-state index contributed by atoms with van der Waals surface area (Å²) in [6, 6.07) is 0. The zero-order chi connectivity index (χ0) is 12.6. The predicted octanol–water partition coefficient (Wildman–Crippen LogP) is 2.75. The fourth-order valence-electron chi connectivity index (χ4n) is 3.79. The number of hydrogen-bond donors (Lipinski definition) is 2. The van der Waals surface area contributed by atoms with E-state index in [0.29, 0.717) is 11.8 Å². The second kappa shape index (κ2) is 4.74. The van der Waals surface area contributed by atoms with Gasteiger partial charge in [0.2, 0.25) is 0 Å². The molecule has 0 radical (unpaired) electrons. The van der Waals surface area contributed by atoms with Gasteiger partial charge in [0.15, 0.2) is 0 Å². The highest BCUT2D eigenvalue weighted by molar-refractivity contribution is 5.17. The summed E-state index contributed by atoms with van der Waals surface area (Å²) in [5.41, 5.74) is 0.567. The Bertz CT molecular complexity index is 308. The van der Waals surface area contributed by atoms with E-state index in [1.165, 1.54) is 0 Å². The largest absolute Gasteiger partial charge is 0.392 e. The quantitative estimate of drug-likeness (QED) is 0.726. The maximum atomic E-state index is 10.9. The van der Waals surface area contributed by atoms with Gasteiger partial charge < -0.3 is 10.2 Å². The first-order valence-corrected chi connectivity index (χ1v) is 7.02. The van der Waals surface area contributed by atoms with Gasteiger partial charge in [-0.1, -0.05) is 26.8 Å². The number of rotatable bonds is 2. The highest BCUT2D eigenvalue weighted by atomic mass is 16.3. The summed E-state index contributed by atoms with van der Waals surface area (Å²) >= 11 is 0. The van der Waals surface area contributed by atoms with Crippen LogP contribution in [0.1, 0.15) is 46.5 Å². The van der Waals surface area contributed by atoms with Gasteiger partial charge in [-0.2, -0.15) is 0 Å². The average Bonchev–Trinajstić information content (AvgIpc) is 2.33. The van der Waals surface area contributed by atoms with Crippen LogP contribution in [0.4, 0.5) is 0 Å². The van der Waals surface area contributed by atoms with Crippen molar-refractivity contribution in [1.82, 2.24) is 0 Å². The molecule has 2 rings (SSSR count). The molecule has 0 unspecified atom stereocenters. The lowest BCUT2D eigenvalue weighted by molar-refractivity contribution is -0.107. The summed E-state index contributed by atoms with van der Waals surface area (Å²) in [5, 5.41) is 20.3. The van der Waals surface area contributed by atoms with E-state index in [4.69, 9.17) is 0 Å². The molecule has 0 aromatic heterocycles. The molecule has 2 nitrogen and oxygen atoms in total. The van der Waals surface area contributed by atoms with Crippen LogP contribution in [0, 0.1) is 23.7 Å². The minimum absolute atomic E-state index is 0.159. The topological polar surface area (TPSA) is 40.5 Å². The van der Waals surface area contributed by atoms with Crippen LogP contribution in [0.3, 0.4) is 0 Å². The van der Waals surface area contributed by atoms with E-state index in [-0.39, 0.29) is 18.4 Å². The van der Waals surface area contributed by atoms with Crippen LogP contribution in [0.2, 0.25) is 0 Å². The van der Waals surface area contributed by atoms with E-state index in [0.717, 1.165) is 31.3 Å². The van der Waals surface area contributed by atoms with Gasteiger partial charge in [0.05, 0.1) is 12.2 Å². The van der Waals surface area contributed by atoms with Gasteiger partial charge in [-0.05, 0) is 49.0 Å². The molecule has 1 saturated carbocycles. The summed E-state index contributed by atoms with van der Waals surface area (Å²) in [6.07, 6.45) is 6.37. The third kappa shape index (κ3) is 2.17. The summed E-state index contributed by atoms with van der Waals surface area (Å²) < 4.78 is 0. The van der Waals surface area contributed by atoms with E-state index >= 15 is 0 Å². The molecule has 0 spiro atoms. The van der Waals surface area contributed by atoms with Crippen molar-refractivity contribution < 1.29 is 10.2 Å². The Balaban J connectivity index is 2.32. The average molecular weight is 238 g/mol. The SMILES string of the molecule is CC(C)[C@]1(O)CC[C@@H](C)[C@@H]2CCC(CO)=C[C@H]21. The van der Waals surface area contributed by atoms with Crippen LogP contribution in [-0.4, -0.2) is 22.4 Å². The van der Waals surface area contributed by atoms with Crippen LogP contribution >= 0.6 is 0 Å². The van der Waals surface area contributed by atoms with E-state index in [9.17, 15) is 10.2 Å². The maximum Gasteiger partial charge on any atom is 0.0735 e. The second-order valence-corrected chi connectivity index (χ2v) is 6.37. The van der Waals surface area contributed by atoms with Crippen LogP contribution in [0.25, 0.3) is 0 Å². The molecule has 2 N–H and O–H groups in total. The molecule has 0 bridgehead atoms. The van der Waals surface area contributed by atoms with Crippen molar-refractivity contribution in [3.63, 3.8) is 0 Å². The number of fused-ring (bicyclic) bond motifs is 1. The zero-order valence-corrected chi connectivity index (χ0v) is 11.3. The molecule has 4 atom stereocenters. The molecule has 0 saturated heterocycles. The highest BCUT2D eigenvalue weighted by Gasteiger charge is 2.48. The highest BCUT2D eigenvalue weighted by Crippen LogP contribution is 2.50. The van der Waals surface area contributed by atoms with E-state index < -0.39 is 5.60 Å². The van der Waals surface area contributed by atoms with Crippen LogP contribution in [0.5, 0.6) is 0 Å². The lowest BCUT2D eigenvalue weighted by atomic mass is 9.58. The maximum absolute atomic E-state index is 10.9. The third-order valence-electron chi connectivity index (χ3n) is 5.19. The fraction of sp³-hybridized carbons (Fsp3) is 0.867. The Morgan fingerprint density at radius 2 is 2.12 bits per heavy atom. The number of aliphatic hydroxyl groups is 2. The molecule has 2 aliphatic rings. The molecule has 1 fully saturated rings. The first-order chi connectivity index (χ1) is 7.99. The Kier molecular flexibility index (Phi) is 3.65. The van der Waals surface area contributed by atoms with Gasteiger partial charge in [0.25, 0.3) is 0 Å². The van der Waals surface area contributed by atoms with Crippen molar-refractivity contribution in [1.29, 1.82) is 0 Å². The van der Waals surface area contributed by atoms with Crippen molar-refractivity contribution >= 4 is 0 Å². The minimum atomic E-state index is -0.558. The molecule has 2 heteroatoms. The standard InChI is InChI=1S/C15H26O2/c1-10(2)15(17)7-6-11(3)13-5-4-12(9-16)8-14(13)15/h8,10-11,13-14,16-17H,4-7,9H2,1-3H3/t11-,13+,14-,15-/m1/s1. The van der Waals surface area contributed by atoms with Gasteiger partial charge in [0.1, 0.15) is 0 Å². The van der Waals surface area contributed by atoms with Gasteiger partial charge in [-0.15, -0.1) is 0 Å². The molecular weight excluding hydrogens is 212 g/mol. The van der Waals surface area contributed by atoms with Crippen LogP contribution in [0.15, 0.2) is 11.6 Å². The lowest BCUT2D eigenvalue weighted by Crippen LogP contribution is -2.51. The molecule has 0 amide bonds. The lowest BCUT2D eigenvalue weighted by Gasteiger charge is -2.51. The first-order valence-electron chi connectivity index (χ1n) is 7.02. The fourth-order valence-corrected chi connectivity index (χ4v) is 3.79. The van der Waals surface area contributed by atoms with E-state index in [2.05, 4.69) is 26.8 Å². The second-order valence-electron chi connectivity index (χ2n) is 6.37. The number of hydrogen-bond acceptors (Lipinski definition) is 2. The summed E-state index contributed by atoms with van der Waals surface area (Å²) in [4.78, 5) is 0. The van der Waals surface area contributed by atoms with Gasteiger partial charge in [-0.3, -0.25) is 0 Å². The molecule has 0 aliphatic heterocycles. The van der Waals surface area contributed by atoms with Crippen LogP contribution < -0.4 is 0 Å². The van der Waals surface area contributed by atoms with Crippen molar-refractivity contribution in [2.24, 2.45) is 23.7 Å². The molecular formula is C15H26O2. The molecule has 0 aromatic rings. The van der Waals surface area contributed by atoms with Gasteiger partial charge in [0, 0.05) is 5.92 Å². The van der Waals surface area contributed by atoms with Crippen molar-refractivity contribution in [3.8, 4) is 0 Å². The van der Waals surface area contributed by atoms with Crippen molar-refractivity contribution in [2.75, 3.05) is 6.61 Å². The predicted molar refractivity (Wildman–Crippen MR) is 69.6 cm³/mol. The third-order valence-corrected chi connectivity index (χ3v) is 5.19. The zero-order valence-electron chi connectivity index (χ0n) is 11.3. The molecule has 98 valence electrons. The molecule has 0 aromatic carbocycles. The van der Waals surface area contributed by atoms with Crippen molar-refractivity contribution in [2.45, 2.75) is 52.1 Å². The number of aliphatic hydroxyl groups excluding tert-OH is 1. The minimum Gasteiger partial charge on any atom is -0.392 e. The summed E-state index contributed by atoms with van der Waals surface area (Å²) in [6.45, 7) is 6.71. The Morgan fingerprint density at radius 1 is 1.41 bits per heavy atom. The molecule has 17 heavy (non-hydrogen) atoms. The van der Waals surface area contributed by atoms with E-state index in [1.54, 1.807) is 0 Å². The molecule has 0 heterocycles. The van der Waals surface area contributed by atoms with Crippen molar-refractivity contribution in [3.05, 3.63) is 11.6 Å². The van der Waals surface area contributed by atoms with Gasteiger partial charge >= 0.3 is 0 Å². The van der Waals surface area contributed by atoms with E-state index in [1.807, 2.05) is 0 Å². The summed E-state index contributed by atoms with van der Waals surface area (Å²) in [5.74, 6) is 1.85. The van der Waals surface area contributed by atoms with Gasteiger partial charge in [-0.25, -0.2) is 0 Å². The normalized spacial score (nSPS) is 42.2. The Hall–Kier alpha value is -0.340. The van der Waals surface area contributed by atoms with Crippen LogP contribution in [-0.2, 0) is 0 Å². The smallest absolute Gasteiger partial charge is 0.0735 e. The molecule has 2 aliphatic carbocycles.